The molecule has 0 N–H and O–H groups in total. The van der Waals surface area contributed by atoms with Crippen LogP contribution in [0.15, 0.2) is 48.5 Å². The first-order chi connectivity index (χ1) is 13.9. The fourth-order valence-electron chi connectivity index (χ4n) is 4.01. The van der Waals surface area contributed by atoms with Crippen LogP contribution in [0, 0.1) is 11.3 Å². The maximum Gasteiger partial charge on any atom is 0.325 e. The minimum absolute atomic E-state index is 0.0345. The summed E-state index contributed by atoms with van der Waals surface area (Å²) in [6, 6.07) is 15.2. The van der Waals surface area contributed by atoms with E-state index >= 15 is 0 Å². The second kappa shape index (κ2) is 7.41. The molecule has 2 heterocycles. The molecule has 2 aliphatic rings. The highest BCUT2D eigenvalue weighted by molar-refractivity contribution is 7.91. The van der Waals surface area contributed by atoms with Gasteiger partial charge in [-0.05, 0) is 48.9 Å². The average molecular weight is 411 g/mol. The van der Waals surface area contributed by atoms with Crippen molar-refractivity contribution >= 4 is 21.6 Å². The van der Waals surface area contributed by atoms with Gasteiger partial charge < -0.3 is 9.64 Å². The van der Waals surface area contributed by atoms with Crippen LogP contribution in [-0.2, 0) is 16.4 Å². The highest BCUT2D eigenvalue weighted by Crippen LogP contribution is 2.36. The van der Waals surface area contributed by atoms with Gasteiger partial charge >= 0.3 is 6.03 Å². The summed E-state index contributed by atoms with van der Waals surface area (Å²) in [5.41, 5.74) is 2.06. The fraction of sp³-hybridized carbons (Fsp3) is 0.333. The number of urea groups is 1. The number of hydrogen-bond acceptors (Lipinski definition) is 5. The Morgan fingerprint density at radius 3 is 2.34 bits per heavy atom. The van der Waals surface area contributed by atoms with Crippen molar-refractivity contribution in [3.63, 3.8) is 0 Å². The molecule has 2 saturated heterocycles. The Morgan fingerprint density at radius 2 is 1.72 bits per heavy atom. The number of sulfone groups is 1. The average Bonchev–Trinajstić information content (AvgIpc) is 3.14. The van der Waals surface area contributed by atoms with E-state index in [1.807, 2.05) is 6.92 Å². The first kappa shape index (κ1) is 19.3. The Balaban J connectivity index is 1.64. The van der Waals surface area contributed by atoms with E-state index in [0.717, 1.165) is 5.56 Å². The summed E-state index contributed by atoms with van der Waals surface area (Å²) >= 11 is 0. The molecule has 2 amide bonds. The summed E-state index contributed by atoms with van der Waals surface area (Å²) in [5, 5.41) is 8.95. The van der Waals surface area contributed by atoms with Crippen molar-refractivity contribution < 1.29 is 17.9 Å². The standard InChI is InChI=1S/C21H21N3O4S/c1-2-28-18-9-7-17(8-10-18)24-20-14-29(26,27)13-19(20)23(21(24)25)12-16-5-3-15(11-22)4-6-16/h3-10,19-20H,2,12-14H2,1H3/t19-,20+/m0/s1. The summed E-state index contributed by atoms with van der Waals surface area (Å²) < 4.78 is 30.1. The third-order valence-electron chi connectivity index (χ3n) is 5.34. The van der Waals surface area contributed by atoms with Crippen LogP contribution < -0.4 is 9.64 Å². The van der Waals surface area contributed by atoms with E-state index in [-0.39, 0.29) is 17.5 Å². The molecule has 7 nitrogen and oxygen atoms in total. The molecule has 2 aliphatic heterocycles. The quantitative estimate of drug-likeness (QED) is 0.706. The number of nitrogens with zero attached hydrogens (tertiary/aromatic N) is 3. The summed E-state index contributed by atoms with van der Waals surface area (Å²) in [7, 11) is -3.23. The van der Waals surface area contributed by atoms with Crippen molar-refractivity contribution in [2.45, 2.75) is 25.6 Å². The van der Waals surface area contributed by atoms with Crippen molar-refractivity contribution in [2.75, 3.05) is 23.0 Å². The molecule has 2 fully saturated rings. The van der Waals surface area contributed by atoms with Gasteiger partial charge in [-0.3, -0.25) is 4.90 Å². The lowest BCUT2D eigenvalue weighted by Crippen LogP contribution is -2.37. The molecule has 0 saturated carbocycles. The molecule has 2 aromatic carbocycles. The van der Waals surface area contributed by atoms with Gasteiger partial charge in [0.05, 0.1) is 41.8 Å². The van der Waals surface area contributed by atoms with Crippen molar-refractivity contribution in [3.05, 3.63) is 59.7 Å². The SMILES string of the molecule is CCOc1ccc(N2C(=O)N(Cc3ccc(C#N)cc3)[C@H]3CS(=O)(=O)C[C@H]32)cc1. The maximum atomic E-state index is 13.2. The van der Waals surface area contributed by atoms with Crippen LogP contribution in [0.2, 0.25) is 0 Å². The maximum absolute atomic E-state index is 13.2. The van der Waals surface area contributed by atoms with Crippen LogP contribution >= 0.6 is 0 Å². The Kier molecular flexibility index (Phi) is 4.92. The smallest absolute Gasteiger partial charge is 0.325 e. The lowest BCUT2D eigenvalue weighted by atomic mass is 10.1. The Morgan fingerprint density at radius 1 is 1.07 bits per heavy atom. The second-order valence-electron chi connectivity index (χ2n) is 7.23. The van der Waals surface area contributed by atoms with Gasteiger partial charge in [0, 0.05) is 12.2 Å². The zero-order valence-electron chi connectivity index (χ0n) is 16.0. The minimum Gasteiger partial charge on any atom is -0.494 e. The largest absolute Gasteiger partial charge is 0.494 e. The number of nitriles is 1. The van der Waals surface area contributed by atoms with Gasteiger partial charge in [0.15, 0.2) is 9.84 Å². The molecule has 0 radical (unpaired) electrons. The minimum atomic E-state index is -3.23. The number of fused-ring (bicyclic) bond motifs is 1. The first-order valence-corrected chi connectivity index (χ1v) is 11.3. The van der Waals surface area contributed by atoms with Gasteiger partial charge in [0.2, 0.25) is 0 Å². The molecule has 2 atom stereocenters. The molecule has 0 bridgehead atoms. The summed E-state index contributed by atoms with van der Waals surface area (Å²) in [6.45, 7) is 2.74. The zero-order chi connectivity index (χ0) is 20.6. The van der Waals surface area contributed by atoms with Crippen LogP contribution in [-0.4, -0.2) is 49.5 Å². The molecular formula is C21H21N3O4S. The third kappa shape index (κ3) is 3.66. The van der Waals surface area contributed by atoms with Crippen LogP contribution in [0.3, 0.4) is 0 Å². The third-order valence-corrected chi connectivity index (χ3v) is 7.04. The van der Waals surface area contributed by atoms with Crippen LogP contribution in [0.1, 0.15) is 18.1 Å². The molecule has 29 heavy (non-hydrogen) atoms. The van der Waals surface area contributed by atoms with Gasteiger partial charge in [0.25, 0.3) is 0 Å². The van der Waals surface area contributed by atoms with Crippen LogP contribution in [0.4, 0.5) is 10.5 Å². The van der Waals surface area contributed by atoms with Crippen molar-refractivity contribution in [1.82, 2.24) is 4.90 Å². The lowest BCUT2D eigenvalue weighted by molar-refractivity contribution is 0.206. The number of amides is 2. The fourth-order valence-corrected chi connectivity index (χ4v) is 5.96. The van der Waals surface area contributed by atoms with Gasteiger partial charge in [-0.15, -0.1) is 0 Å². The van der Waals surface area contributed by atoms with E-state index in [4.69, 9.17) is 10.00 Å². The lowest BCUT2D eigenvalue weighted by Gasteiger charge is -2.23. The highest BCUT2D eigenvalue weighted by Gasteiger charge is 2.53. The number of anilines is 1. The Hall–Kier alpha value is -3.05. The predicted molar refractivity (Wildman–Crippen MR) is 108 cm³/mol. The molecule has 150 valence electrons. The van der Waals surface area contributed by atoms with Crippen molar-refractivity contribution in [1.29, 1.82) is 5.26 Å². The monoisotopic (exact) mass is 411 g/mol. The van der Waals surface area contributed by atoms with Gasteiger partial charge in [-0.2, -0.15) is 5.26 Å². The topological polar surface area (TPSA) is 90.7 Å². The number of carbonyl (C=O) groups excluding carboxylic acids is 1. The highest BCUT2D eigenvalue weighted by atomic mass is 32.2. The molecule has 0 unspecified atom stereocenters. The molecule has 4 rings (SSSR count). The summed E-state index contributed by atoms with van der Waals surface area (Å²) in [6.07, 6.45) is 0. The number of hydrogen-bond donors (Lipinski definition) is 0. The first-order valence-electron chi connectivity index (χ1n) is 9.44. The number of ether oxygens (including phenoxy) is 1. The molecule has 2 aromatic rings. The molecule has 8 heteroatoms. The van der Waals surface area contributed by atoms with E-state index < -0.39 is 21.9 Å². The predicted octanol–water partition coefficient (Wildman–Crippen LogP) is 2.56. The Labute approximate surface area is 170 Å². The van der Waals surface area contributed by atoms with E-state index in [2.05, 4.69) is 6.07 Å². The number of rotatable bonds is 5. The number of benzene rings is 2. The molecule has 0 aliphatic carbocycles. The van der Waals surface area contributed by atoms with E-state index in [0.29, 0.717) is 30.2 Å². The Bertz CT molecular complexity index is 1060. The van der Waals surface area contributed by atoms with Gasteiger partial charge in [0.1, 0.15) is 5.75 Å². The van der Waals surface area contributed by atoms with Gasteiger partial charge in [-0.1, -0.05) is 12.1 Å². The molecular weight excluding hydrogens is 390 g/mol. The second-order valence-corrected chi connectivity index (χ2v) is 9.38. The van der Waals surface area contributed by atoms with Crippen LogP contribution in [0.5, 0.6) is 5.75 Å². The van der Waals surface area contributed by atoms with Crippen molar-refractivity contribution in [3.8, 4) is 11.8 Å². The number of carbonyl (C=O) groups is 1. The van der Waals surface area contributed by atoms with E-state index in [1.165, 1.54) is 0 Å². The van der Waals surface area contributed by atoms with Crippen LogP contribution in [0.25, 0.3) is 0 Å². The van der Waals surface area contributed by atoms with E-state index in [9.17, 15) is 13.2 Å². The van der Waals surface area contributed by atoms with E-state index in [1.54, 1.807) is 58.3 Å². The summed E-state index contributed by atoms with van der Waals surface area (Å²) in [4.78, 5) is 16.5. The summed E-state index contributed by atoms with van der Waals surface area (Å²) in [5.74, 6) is 0.626. The van der Waals surface area contributed by atoms with Crippen molar-refractivity contribution in [2.24, 2.45) is 0 Å². The van der Waals surface area contributed by atoms with Gasteiger partial charge in [-0.25, -0.2) is 13.2 Å². The molecule has 0 spiro atoms. The normalized spacial score (nSPS) is 22.4. The zero-order valence-corrected chi connectivity index (χ0v) is 16.8. The molecule has 0 aromatic heterocycles.